The molecule has 1 heterocycles. The number of hydrogen-bond donors (Lipinski definition) is 3. The van der Waals surface area contributed by atoms with Crippen molar-refractivity contribution in [1.82, 2.24) is 9.97 Å². The molecule has 0 unspecified atom stereocenters. The van der Waals surface area contributed by atoms with Crippen LogP contribution in [0.1, 0.15) is 41.0 Å². The summed E-state index contributed by atoms with van der Waals surface area (Å²) in [4.78, 5) is 8.16. The molecule has 0 amide bonds. The van der Waals surface area contributed by atoms with E-state index in [1.807, 2.05) is 0 Å². The van der Waals surface area contributed by atoms with Crippen molar-refractivity contribution in [1.29, 1.82) is 0 Å². The molecule has 4 N–H and O–H groups in total. The Kier molecular flexibility index (Phi) is 4.40. The first-order valence-electron chi connectivity index (χ1n) is 5.90. The van der Waals surface area contributed by atoms with Crippen molar-refractivity contribution in [2.75, 3.05) is 10.7 Å². The van der Waals surface area contributed by atoms with E-state index in [-0.39, 0.29) is 11.0 Å². The summed E-state index contributed by atoms with van der Waals surface area (Å²) < 4.78 is 0. The second kappa shape index (κ2) is 5.28. The Bertz CT molecular complexity index is 411. The number of nitrogens with one attached hydrogen (secondary N) is 2. The van der Waals surface area contributed by atoms with Gasteiger partial charge in [-0.05, 0) is 25.7 Å². The molecule has 102 valence electrons. The van der Waals surface area contributed by atoms with Gasteiger partial charge in [-0.25, -0.2) is 10.8 Å². The van der Waals surface area contributed by atoms with Crippen molar-refractivity contribution in [2.24, 2.45) is 11.3 Å². The molecule has 0 aliphatic heterocycles. The van der Waals surface area contributed by atoms with E-state index in [1.165, 1.54) is 6.20 Å². The van der Waals surface area contributed by atoms with Gasteiger partial charge < -0.3 is 5.32 Å². The van der Waals surface area contributed by atoms with Crippen molar-refractivity contribution >= 4 is 23.4 Å². The number of nitrogens with zero attached hydrogens (tertiary/aromatic N) is 2. The van der Waals surface area contributed by atoms with Gasteiger partial charge in [-0.2, -0.15) is 4.98 Å². The van der Waals surface area contributed by atoms with Gasteiger partial charge in [0, 0.05) is 5.54 Å². The Morgan fingerprint density at radius 2 is 1.89 bits per heavy atom. The molecule has 6 heteroatoms. The van der Waals surface area contributed by atoms with Crippen LogP contribution in [0.15, 0.2) is 6.20 Å². The van der Waals surface area contributed by atoms with Crippen LogP contribution in [-0.4, -0.2) is 15.5 Å². The Morgan fingerprint density at radius 3 is 2.39 bits per heavy atom. The van der Waals surface area contributed by atoms with Gasteiger partial charge in [0.25, 0.3) is 0 Å². The molecule has 1 rings (SSSR count). The average molecular weight is 272 g/mol. The summed E-state index contributed by atoms with van der Waals surface area (Å²) in [6.45, 7) is 10.8. The smallest absolute Gasteiger partial charge is 0.239 e. The Morgan fingerprint density at radius 1 is 1.28 bits per heavy atom. The SMILES string of the molecule is CC(C)(C)CC(C)(C)Nc1nc(NN)ncc1Cl. The normalized spacial score (nSPS) is 12.4. The summed E-state index contributed by atoms with van der Waals surface area (Å²) in [6.07, 6.45) is 2.50. The highest BCUT2D eigenvalue weighted by atomic mass is 35.5. The molecule has 0 fully saturated rings. The lowest BCUT2D eigenvalue weighted by Crippen LogP contribution is -2.36. The van der Waals surface area contributed by atoms with E-state index in [9.17, 15) is 0 Å². The summed E-state index contributed by atoms with van der Waals surface area (Å²) in [5.41, 5.74) is 2.50. The fourth-order valence-electron chi connectivity index (χ4n) is 2.21. The zero-order chi connectivity index (χ0) is 14.0. The zero-order valence-corrected chi connectivity index (χ0v) is 12.4. The maximum Gasteiger partial charge on any atom is 0.239 e. The van der Waals surface area contributed by atoms with Gasteiger partial charge >= 0.3 is 0 Å². The third-order valence-corrected chi connectivity index (χ3v) is 2.58. The molecule has 0 spiro atoms. The minimum absolute atomic E-state index is 0.123. The number of hydrogen-bond acceptors (Lipinski definition) is 5. The standard InChI is InChI=1S/C12H22ClN5/c1-11(2,3)7-12(4,5)17-9-8(13)6-15-10(16-9)18-14/h6H,7,14H2,1-5H3,(H2,15,16,17,18). The minimum atomic E-state index is -0.123. The number of nitrogen functional groups attached to an aromatic ring is 1. The minimum Gasteiger partial charge on any atom is -0.364 e. The number of halogens is 1. The van der Waals surface area contributed by atoms with Gasteiger partial charge in [-0.15, -0.1) is 0 Å². The number of aromatic nitrogens is 2. The molecular formula is C12H22ClN5. The van der Waals surface area contributed by atoms with E-state index >= 15 is 0 Å². The molecule has 0 aromatic carbocycles. The van der Waals surface area contributed by atoms with E-state index in [2.05, 4.69) is 55.3 Å². The summed E-state index contributed by atoms with van der Waals surface area (Å²) in [6, 6.07) is 0. The predicted molar refractivity (Wildman–Crippen MR) is 76.6 cm³/mol. The molecule has 5 nitrogen and oxygen atoms in total. The van der Waals surface area contributed by atoms with E-state index < -0.39 is 0 Å². The predicted octanol–water partition coefficient (Wildman–Crippen LogP) is 3.04. The molecular weight excluding hydrogens is 250 g/mol. The van der Waals surface area contributed by atoms with Gasteiger partial charge in [0.05, 0.1) is 6.20 Å². The van der Waals surface area contributed by atoms with Crippen molar-refractivity contribution in [3.05, 3.63) is 11.2 Å². The molecule has 0 saturated heterocycles. The molecule has 0 radical (unpaired) electrons. The van der Waals surface area contributed by atoms with Crippen LogP contribution in [0, 0.1) is 5.41 Å². The van der Waals surface area contributed by atoms with Crippen LogP contribution in [0.3, 0.4) is 0 Å². The number of hydrazine groups is 1. The Hall–Kier alpha value is -1.07. The Balaban J connectivity index is 2.89. The van der Waals surface area contributed by atoms with Crippen LogP contribution in [0.5, 0.6) is 0 Å². The molecule has 0 aliphatic rings. The summed E-state index contributed by atoms with van der Waals surface area (Å²) in [7, 11) is 0. The molecule has 1 aromatic rings. The second-order valence-electron chi connectivity index (χ2n) is 6.28. The lowest BCUT2D eigenvalue weighted by Gasteiger charge is -2.34. The largest absolute Gasteiger partial charge is 0.364 e. The monoisotopic (exact) mass is 271 g/mol. The average Bonchev–Trinajstić information content (AvgIpc) is 2.17. The highest BCUT2D eigenvalue weighted by Gasteiger charge is 2.26. The van der Waals surface area contributed by atoms with E-state index in [1.54, 1.807) is 0 Å². The van der Waals surface area contributed by atoms with Crippen molar-refractivity contribution in [3.63, 3.8) is 0 Å². The number of anilines is 2. The van der Waals surface area contributed by atoms with Crippen LogP contribution in [0.2, 0.25) is 5.02 Å². The maximum atomic E-state index is 6.07. The molecule has 0 saturated carbocycles. The van der Waals surface area contributed by atoms with E-state index in [0.717, 1.165) is 6.42 Å². The van der Waals surface area contributed by atoms with Crippen LogP contribution in [0.4, 0.5) is 11.8 Å². The van der Waals surface area contributed by atoms with Gasteiger partial charge in [-0.1, -0.05) is 32.4 Å². The molecule has 0 aliphatic carbocycles. The third-order valence-electron chi connectivity index (χ3n) is 2.30. The van der Waals surface area contributed by atoms with Gasteiger partial charge in [0.1, 0.15) is 5.02 Å². The van der Waals surface area contributed by atoms with Gasteiger partial charge in [-0.3, -0.25) is 5.43 Å². The Labute approximate surface area is 114 Å². The quantitative estimate of drug-likeness (QED) is 0.580. The van der Waals surface area contributed by atoms with Crippen molar-refractivity contribution in [2.45, 2.75) is 46.6 Å². The second-order valence-corrected chi connectivity index (χ2v) is 6.69. The zero-order valence-electron chi connectivity index (χ0n) is 11.6. The molecule has 0 atom stereocenters. The van der Waals surface area contributed by atoms with Gasteiger partial charge in [0.15, 0.2) is 5.82 Å². The van der Waals surface area contributed by atoms with E-state index in [4.69, 9.17) is 17.4 Å². The lowest BCUT2D eigenvalue weighted by atomic mass is 9.82. The lowest BCUT2D eigenvalue weighted by molar-refractivity contribution is 0.302. The molecule has 1 aromatic heterocycles. The maximum absolute atomic E-state index is 6.07. The first-order valence-corrected chi connectivity index (χ1v) is 6.28. The number of nitrogens with two attached hydrogens (primary N) is 1. The first kappa shape index (κ1) is 15.0. The highest BCUT2D eigenvalue weighted by Crippen LogP contribution is 2.31. The van der Waals surface area contributed by atoms with Crippen molar-refractivity contribution < 1.29 is 0 Å². The first-order chi connectivity index (χ1) is 8.13. The summed E-state index contributed by atoms with van der Waals surface area (Å²) >= 11 is 6.07. The van der Waals surface area contributed by atoms with Crippen molar-refractivity contribution in [3.8, 4) is 0 Å². The van der Waals surface area contributed by atoms with Gasteiger partial charge in [0.2, 0.25) is 5.95 Å². The summed E-state index contributed by atoms with van der Waals surface area (Å²) in [5.74, 6) is 6.22. The summed E-state index contributed by atoms with van der Waals surface area (Å²) in [5, 5.41) is 3.82. The molecule has 0 bridgehead atoms. The fraction of sp³-hybridized carbons (Fsp3) is 0.667. The van der Waals surface area contributed by atoms with Crippen LogP contribution in [-0.2, 0) is 0 Å². The van der Waals surface area contributed by atoms with Crippen LogP contribution in [0.25, 0.3) is 0 Å². The topological polar surface area (TPSA) is 75.9 Å². The fourth-order valence-corrected chi connectivity index (χ4v) is 2.35. The van der Waals surface area contributed by atoms with Crippen LogP contribution >= 0.6 is 11.6 Å². The third kappa shape index (κ3) is 4.66. The molecule has 18 heavy (non-hydrogen) atoms. The van der Waals surface area contributed by atoms with Crippen LogP contribution < -0.4 is 16.6 Å². The van der Waals surface area contributed by atoms with E-state index in [0.29, 0.717) is 16.8 Å². The number of rotatable bonds is 4. The highest BCUT2D eigenvalue weighted by molar-refractivity contribution is 6.32.